The monoisotopic (exact) mass is 336 g/mol. The van der Waals surface area contributed by atoms with Gasteiger partial charge in [-0.05, 0) is 30.3 Å². The van der Waals surface area contributed by atoms with Crippen molar-refractivity contribution in [2.45, 2.75) is 4.90 Å². The van der Waals surface area contributed by atoms with Gasteiger partial charge < -0.3 is 0 Å². The Bertz CT molecular complexity index is 563. The molecule has 0 aliphatic rings. The molecule has 1 nitrogen and oxygen atoms in total. The zero-order valence-corrected chi connectivity index (χ0v) is 12.9. The van der Waals surface area contributed by atoms with Crippen molar-refractivity contribution in [1.29, 1.82) is 0 Å². The maximum absolute atomic E-state index is 11.9. The highest BCUT2D eigenvalue weighted by atomic mass is 35.5. The lowest BCUT2D eigenvalue weighted by atomic mass is 10.2. The quantitative estimate of drug-likeness (QED) is 0.527. The van der Waals surface area contributed by atoms with Gasteiger partial charge in [0.1, 0.15) is 4.34 Å². The third-order valence-corrected chi connectivity index (χ3v) is 4.89. The minimum atomic E-state index is -0.0249. The fraction of sp³-hybridized carbons (Fsp3) is 0.0833. The fourth-order valence-corrected chi connectivity index (χ4v) is 3.69. The number of carbonyl (C=O) groups is 1. The molecular weight excluding hydrogens is 331 g/mol. The Morgan fingerprint density at radius 3 is 2.39 bits per heavy atom. The molecule has 1 aromatic carbocycles. The number of thiophene rings is 1. The molecule has 0 bridgehead atoms. The standard InChI is InChI=1S/C12H7Cl3OS2/c13-7-1-3-8(4-2-7)17-6-10(16)9-5-11(14)18-12(9)15/h1-5H,6H2. The maximum Gasteiger partial charge on any atom is 0.175 e. The first-order valence-electron chi connectivity index (χ1n) is 4.92. The molecule has 0 radical (unpaired) electrons. The van der Waals surface area contributed by atoms with Crippen LogP contribution in [0.15, 0.2) is 35.2 Å². The van der Waals surface area contributed by atoms with Gasteiger partial charge in [-0.2, -0.15) is 0 Å². The van der Waals surface area contributed by atoms with E-state index in [1.807, 2.05) is 12.1 Å². The van der Waals surface area contributed by atoms with E-state index in [4.69, 9.17) is 34.8 Å². The van der Waals surface area contributed by atoms with Crippen LogP contribution in [0.3, 0.4) is 0 Å². The van der Waals surface area contributed by atoms with Gasteiger partial charge in [0.05, 0.1) is 10.1 Å². The Morgan fingerprint density at radius 1 is 1.17 bits per heavy atom. The van der Waals surface area contributed by atoms with E-state index in [-0.39, 0.29) is 5.78 Å². The van der Waals surface area contributed by atoms with Crippen molar-refractivity contribution in [2.24, 2.45) is 0 Å². The molecular formula is C12H7Cl3OS2. The molecule has 0 amide bonds. The zero-order chi connectivity index (χ0) is 13.1. The van der Waals surface area contributed by atoms with Crippen LogP contribution in [0.5, 0.6) is 0 Å². The van der Waals surface area contributed by atoms with Gasteiger partial charge in [0.15, 0.2) is 5.78 Å². The van der Waals surface area contributed by atoms with Gasteiger partial charge in [0, 0.05) is 15.5 Å². The lowest BCUT2D eigenvalue weighted by Gasteiger charge is -2.00. The van der Waals surface area contributed by atoms with Gasteiger partial charge >= 0.3 is 0 Å². The van der Waals surface area contributed by atoms with Crippen LogP contribution < -0.4 is 0 Å². The summed E-state index contributed by atoms with van der Waals surface area (Å²) in [6.45, 7) is 0. The smallest absolute Gasteiger partial charge is 0.175 e. The van der Waals surface area contributed by atoms with Crippen LogP contribution in [-0.4, -0.2) is 11.5 Å². The van der Waals surface area contributed by atoms with Crippen molar-refractivity contribution in [2.75, 3.05) is 5.75 Å². The number of rotatable bonds is 4. The first-order chi connectivity index (χ1) is 8.56. The van der Waals surface area contributed by atoms with Crippen molar-refractivity contribution in [1.82, 2.24) is 0 Å². The molecule has 6 heteroatoms. The summed E-state index contributed by atoms with van der Waals surface area (Å²) in [5, 5.41) is 0.679. The molecule has 2 aromatic rings. The largest absolute Gasteiger partial charge is 0.293 e. The normalized spacial score (nSPS) is 10.6. The molecule has 0 saturated carbocycles. The van der Waals surface area contributed by atoms with Gasteiger partial charge in [0.2, 0.25) is 0 Å². The minimum absolute atomic E-state index is 0.0249. The molecule has 0 aliphatic carbocycles. The van der Waals surface area contributed by atoms with E-state index >= 15 is 0 Å². The van der Waals surface area contributed by atoms with Crippen LogP contribution in [0, 0.1) is 0 Å². The van der Waals surface area contributed by atoms with Crippen LogP contribution >= 0.6 is 57.9 Å². The third kappa shape index (κ3) is 3.65. The number of hydrogen-bond donors (Lipinski definition) is 0. The molecule has 0 spiro atoms. The second kappa shape index (κ2) is 6.31. The Balaban J connectivity index is 2.00. The van der Waals surface area contributed by atoms with Crippen molar-refractivity contribution in [3.05, 3.63) is 49.6 Å². The average Bonchev–Trinajstić information content (AvgIpc) is 2.67. The summed E-state index contributed by atoms with van der Waals surface area (Å²) in [4.78, 5) is 12.9. The second-order valence-electron chi connectivity index (χ2n) is 3.40. The van der Waals surface area contributed by atoms with Crippen molar-refractivity contribution < 1.29 is 4.79 Å². The average molecular weight is 338 g/mol. The number of Topliss-reactive ketones (excluding diaryl/α,β-unsaturated/α-hetero) is 1. The molecule has 0 N–H and O–H groups in total. The number of hydrogen-bond acceptors (Lipinski definition) is 3. The van der Waals surface area contributed by atoms with Gasteiger partial charge in [-0.1, -0.05) is 34.8 Å². The van der Waals surface area contributed by atoms with E-state index in [1.165, 1.54) is 23.1 Å². The molecule has 2 rings (SSSR count). The summed E-state index contributed by atoms with van der Waals surface area (Å²) in [6.07, 6.45) is 0. The van der Waals surface area contributed by atoms with Crippen molar-refractivity contribution in [3.8, 4) is 0 Å². The lowest BCUT2D eigenvalue weighted by molar-refractivity contribution is 0.102. The maximum atomic E-state index is 11.9. The molecule has 1 heterocycles. The Labute approximate surface area is 128 Å². The van der Waals surface area contributed by atoms with Gasteiger partial charge in [-0.15, -0.1) is 23.1 Å². The SMILES string of the molecule is O=C(CSc1ccc(Cl)cc1)c1cc(Cl)sc1Cl. The van der Waals surface area contributed by atoms with E-state index in [0.717, 1.165) is 4.90 Å². The number of thioether (sulfide) groups is 1. The van der Waals surface area contributed by atoms with Crippen LogP contribution in [0.4, 0.5) is 0 Å². The summed E-state index contributed by atoms with van der Waals surface area (Å²) in [5.74, 6) is 0.303. The van der Waals surface area contributed by atoms with E-state index in [2.05, 4.69) is 0 Å². The third-order valence-electron chi connectivity index (χ3n) is 2.14. The molecule has 1 aromatic heterocycles. The number of ketones is 1. The number of halogens is 3. The lowest BCUT2D eigenvalue weighted by Crippen LogP contribution is -2.00. The summed E-state index contributed by atoms with van der Waals surface area (Å²) in [5.41, 5.74) is 0.494. The molecule has 0 fully saturated rings. The predicted molar refractivity (Wildman–Crippen MR) is 80.8 cm³/mol. The van der Waals surface area contributed by atoms with E-state index in [9.17, 15) is 4.79 Å². The minimum Gasteiger partial charge on any atom is -0.293 e. The molecule has 0 atom stereocenters. The summed E-state index contributed by atoms with van der Waals surface area (Å²) in [7, 11) is 0. The molecule has 0 aliphatic heterocycles. The second-order valence-corrected chi connectivity index (χ2v) is 7.17. The van der Waals surface area contributed by atoms with Gasteiger partial charge in [-0.3, -0.25) is 4.79 Å². The van der Waals surface area contributed by atoms with Gasteiger partial charge in [-0.25, -0.2) is 0 Å². The highest BCUT2D eigenvalue weighted by molar-refractivity contribution is 8.00. The first-order valence-corrected chi connectivity index (χ1v) is 7.86. The van der Waals surface area contributed by atoms with E-state index in [0.29, 0.717) is 25.0 Å². The van der Waals surface area contributed by atoms with Crippen LogP contribution in [-0.2, 0) is 0 Å². The summed E-state index contributed by atoms with van der Waals surface area (Å²) >= 11 is 20.2. The topological polar surface area (TPSA) is 17.1 Å². The summed E-state index contributed by atoms with van der Waals surface area (Å²) < 4.78 is 0.974. The molecule has 0 saturated heterocycles. The van der Waals surface area contributed by atoms with Gasteiger partial charge in [0.25, 0.3) is 0 Å². The van der Waals surface area contributed by atoms with E-state index in [1.54, 1.807) is 18.2 Å². The van der Waals surface area contributed by atoms with Crippen LogP contribution in [0.25, 0.3) is 0 Å². The zero-order valence-electron chi connectivity index (χ0n) is 8.95. The number of carbonyl (C=O) groups excluding carboxylic acids is 1. The Morgan fingerprint density at radius 2 is 1.83 bits per heavy atom. The van der Waals surface area contributed by atoms with Crippen molar-refractivity contribution in [3.63, 3.8) is 0 Å². The summed E-state index contributed by atoms with van der Waals surface area (Å²) in [6, 6.07) is 8.95. The highest BCUT2D eigenvalue weighted by Crippen LogP contribution is 2.32. The van der Waals surface area contributed by atoms with Crippen molar-refractivity contribution >= 4 is 63.7 Å². The highest BCUT2D eigenvalue weighted by Gasteiger charge is 2.14. The number of benzene rings is 1. The molecule has 18 heavy (non-hydrogen) atoms. The Hall–Kier alpha value is -0.190. The van der Waals surface area contributed by atoms with Crippen LogP contribution in [0.1, 0.15) is 10.4 Å². The predicted octanol–water partition coefficient (Wildman–Crippen LogP) is 5.68. The Kier molecular flexibility index (Phi) is 4.98. The molecule has 0 unspecified atom stereocenters. The first kappa shape index (κ1) is 14.2. The van der Waals surface area contributed by atoms with E-state index < -0.39 is 0 Å². The van der Waals surface area contributed by atoms with Crippen LogP contribution in [0.2, 0.25) is 13.7 Å². The molecule has 94 valence electrons. The fourth-order valence-electron chi connectivity index (χ4n) is 1.29.